The minimum absolute atomic E-state index is 0.0338. The Kier molecular flexibility index (Phi) is 6.76. The summed E-state index contributed by atoms with van der Waals surface area (Å²) in [5.41, 5.74) is 7.39. The number of fused-ring (bicyclic) bond motifs is 4. The zero-order chi connectivity index (χ0) is 31.2. The number of nitrogens with zero attached hydrogens (tertiary/aromatic N) is 3. The number of Topliss-reactive ketones (excluding diaryl/α,β-unsaturated/α-hetero) is 1. The molecular formula is C40H29N3O3. The number of carbonyl (C=O) groups is 1. The number of hydrogen-bond acceptors (Lipinski definition) is 5. The van der Waals surface area contributed by atoms with Crippen LogP contribution in [0.5, 0.6) is 0 Å². The Labute approximate surface area is 266 Å². The Bertz CT molecular complexity index is 2130. The molecule has 3 heterocycles. The van der Waals surface area contributed by atoms with E-state index in [9.17, 15) is 14.9 Å². The van der Waals surface area contributed by atoms with E-state index in [1.807, 2.05) is 91.0 Å². The van der Waals surface area contributed by atoms with Crippen LogP contribution in [0.15, 0.2) is 146 Å². The first-order chi connectivity index (χ1) is 22.6. The molecule has 0 spiro atoms. The van der Waals surface area contributed by atoms with Gasteiger partial charge in [0.15, 0.2) is 5.78 Å². The minimum Gasteiger partial charge on any atom is -0.355 e. The molecule has 6 heteroatoms. The molecule has 0 amide bonds. The number of nitro groups is 1. The molecule has 0 radical (unpaired) electrons. The van der Waals surface area contributed by atoms with Crippen molar-refractivity contribution in [2.45, 2.75) is 18.0 Å². The number of aromatic nitrogens is 1. The van der Waals surface area contributed by atoms with Gasteiger partial charge >= 0.3 is 0 Å². The van der Waals surface area contributed by atoms with E-state index in [1.54, 1.807) is 12.1 Å². The molecule has 1 saturated heterocycles. The van der Waals surface area contributed by atoms with Crippen LogP contribution in [0.1, 0.15) is 44.7 Å². The molecule has 46 heavy (non-hydrogen) atoms. The highest BCUT2D eigenvalue weighted by atomic mass is 16.6. The monoisotopic (exact) mass is 599 g/mol. The second-order valence-corrected chi connectivity index (χ2v) is 11.9. The Morgan fingerprint density at radius 3 is 2.11 bits per heavy atom. The first-order valence-electron chi connectivity index (χ1n) is 15.4. The highest BCUT2D eigenvalue weighted by Gasteiger charge is 2.56. The van der Waals surface area contributed by atoms with Gasteiger partial charge in [0.2, 0.25) is 0 Å². The van der Waals surface area contributed by atoms with Gasteiger partial charge in [-0.05, 0) is 41.0 Å². The van der Waals surface area contributed by atoms with Crippen molar-refractivity contribution in [2.75, 3.05) is 4.90 Å². The molecule has 2 aliphatic heterocycles. The van der Waals surface area contributed by atoms with Gasteiger partial charge in [0.1, 0.15) is 0 Å². The molecule has 4 atom stereocenters. The molecule has 0 N–H and O–H groups in total. The Balaban J connectivity index is 1.41. The first-order valence-corrected chi connectivity index (χ1v) is 15.4. The van der Waals surface area contributed by atoms with Crippen molar-refractivity contribution >= 4 is 39.7 Å². The van der Waals surface area contributed by atoms with E-state index in [2.05, 4.69) is 53.4 Å². The van der Waals surface area contributed by atoms with Crippen molar-refractivity contribution in [2.24, 2.45) is 5.92 Å². The summed E-state index contributed by atoms with van der Waals surface area (Å²) in [6.45, 7) is 0. The maximum absolute atomic E-state index is 14.9. The Morgan fingerprint density at radius 1 is 0.674 bits per heavy atom. The van der Waals surface area contributed by atoms with Crippen LogP contribution in [0, 0.1) is 16.0 Å². The molecule has 5 aromatic carbocycles. The fourth-order valence-electron chi connectivity index (χ4n) is 7.43. The smallest absolute Gasteiger partial charge is 0.269 e. The largest absolute Gasteiger partial charge is 0.355 e. The molecule has 1 fully saturated rings. The molecule has 1 aromatic heterocycles. The molecule has 8 rings (SSSR count). The van der Waals surface area contributed by atoms with Crippen molar-refractivity contribution in [3.63, 3.8) is 0 Å². The van der Waals surface area contributed by atoms with Crippen LogP contribution >= 0.6 is 0 Å². The average Bonchev–Trinajstić information content (AvgIpc) is 3.48. The number of rotatable bonds is 6. The molecule has 6 aromatic rings. The predicted octanol–water partition coefficient (Wildman–Crippen LogP) is 8.91. The maximum Gasteiger partial charge on any atom is 0.269 e. The van der Waals surface area contributed by atoms with Crippen molar-refractivity contribution in [1.82, 2.24) is 4.98 Å². The summed E-state index contributed by atoms with van der Waals surface area (Å²) in [7, 11) is 0. The summed E-state index contributed by atoms with van der Waals surface area (Å²) in [4.78, 5) is 33.7. The summed E-state index contributed by atoms with van der Waals surface area (Å²) in [5, 5.41) is 12.7. The second kappa shape index (κ2) is 11.2. The first kappa shape index (κ1) is 27.7. The summed E-state index contributed by atoms with van der Waals surface area (Å²) in [6.07, 6.45) is 2.19. The number of ketones is 1. The van der Waals surface area contributed by atoms with Crippen LogP contribution in [0.3, 0.4) is 0 Å². The standard InChI is InChI=1S/C40H29N3O3/c44-40(29-14-5-2-6-15-29)37-36(27-12-3-1-4-13-27)38(28-19-22-31(23-20-28)43(45)46)42-35-18-10-8-16-30(35)25-32(39(37)42)34-24-21-26-11-7-9-17-33(26)41-34/h1-25,36-39H/t36-,37+,38+,39+/m0/s1. The van der Waals surface area contributed by atoms with E-state index < -0.39 is 5.92 Å². The number of nitro benzene ring substituents is 1. The van der Waals surface area contributed by atoms with Crippen molar-refractivity contribution in [1.29, 1.82) is 0 Å². The molecule has 0 aliphatic carbocycles. The van der Waals surface area contributed by atoms with Crippen molar-refractivity contribution in [3.8, 4) is 0 Å². The molecule has 0 unspecified atom stereocenters. The zero-order valence-corrected chi connectivity index (χ0v) is 24.8. The summed E-state index contributed by atoms with van der Waals surface area (Å²) in [5.74, 6) is -0.701. The van der Waals surface area contributed by atoms with Gasteiger partial charge in [-0.15, -0.1) is 0 Å². The summed E-state index contributed by atoms with van der Waals surface area (Å²) < 4.78 is 0. The van der Waals surface area contributed by atoms with E-state index in [-0.39, 0.29) is 34.4 Å². The lowest BCUT2D eigenvalue weighted by Crippen LogP contribution is -2.40. The lowest BCUT2D eigenvalue weighted by atomic mass is 9.74. The fourth-order valence-corrected chi connectivity index (χ4v) is 7.43. The van der Waals surface area contributed by atoms with E-state index in [0.29, 0.717) is 5.56 Å². The van der Waals surface area contributed by atoms with Crippen molar-refractivity contribution in [3.05, 3.63) is 184 Å². The average molecular weight is 600 g/mol. The molecular weight excluding hydrogens is 570 g/mol. The lowest BCUT2D eigenvalue weighted by molar-refractivity contribution is -0.384. The van der Waals surface area contributed by atoms with Crippen molar-refractivity contribution < 1.29 is 9.72 Å². The third kappa shape index (κ3) is 4.58. The third-order valence-corrected chi connectivity index (χ3v) is 9.40. The van der Waals surface area contributed by atoms with Crippen LogP contribution in [0.2, 0.25) is 0 Å². The number of hydrogen-bond donors (Lipinski definition) is 0. The minimum atomic E-state index is -0.488. The zero-order valence-electron chi connectivity index (χ0n) is 24.8. The van der Waals surface area contributed by atoms with E-state index in [4.69, 9.17) is 4.98 Å². The second-order valence-electron chi connectivity index (χ2n) is 11.9. The van der Waals surface area contributed by atoms with Gasteiger partial charge in [0.05, 0.1) is 34.1 Å². The van der Waals surface area contributed by atoms with Crippen LogP contribution in [0.25, 0.3) is 22.6 Å². The normalized spacial score (nSPS) is 20.1. The van der Waals surface area contributed by atoms with Crippen LogP contribution < -0.4 is 4.90 Å². The summed E-state index contributed by atoms with van der Waals surface area (Å²) in [6, 6.07) is 46.4. The number of anilines is 1. The van der Waals surface area contributed by atoms with Gasteiger partial charge in [0, 0.05) is 40.3 Å². The molecule has 0 bridgehead atoms. The number of benzene rings is 5. The number of carbonyl (C=O) groups excluding carboxylic acids is 1. The van der Waals surface area contributed by atoms with Gasteiger partial charge in [-0.3, -0.25) is 14.9 Å². The van der Waals surface area contributed by atoms with Gasteiger partial charge in [-0.1, -0.05) is 115 Å². The number of para-hydroxylation sites is 2. The lowest BCUT2D eigenvalue weighted by Gasteiger charge is -2.39. The number of pyridine rings is 1. The van der Waals surface area contributed by atoms with Crippen LogP contribution in [-0.4, -0.2) is 21.7 Å². The van der Waals surface area contributed by atoms with Gasteiger partial charge in [0.25, 0.3) is 5.69 Å². The van der Waals surface area contributed by atoms with Crippen LogP contribution in [-0.2, 0) is 0 Å². The predicted molar refractivity (Wildman–Crippen MR) is 182 cm³/mol. The SMILES string of the molecule is O=C(c1ccccc1)[C@@H]1[C@H](c2ccccc2)[C@@H](c2ccc([N+](=O)[O-])cc2)N2c3ccccc3C=C(c3ccc4ccccc4n3)[C@H]12. The summed E-state index contributed by atoms with van der Waals surface area (Å²) >= 11 is 0. The molecule has 6 nitrogen and oxygen atoms in total. The fraction of sp³-hybridized carbons (Fsp3) is 0.100. The van der Waals surface area contributed by atoms with E-state index in [0.717, 1.165) is 44.5 Å². The highest BCUT2D eigenvalue weighted by Crippen LogP contribution is 2.58. The molecule has 0 saturated carbocycles. The molecule has 222 valence electrons. The Morgan fingerprint density at radius 2 is 1.35 bits per heavy atom. The van der Waals surface area contributed by atoms with E-state index >= 15 is 0 Å². The van der Waals surface area contributed by atoms with Crippen LogP contribution in [0.4, 0.5) is 11.4 Å². The third-order valence-electron chi connectivity index (χ3n) is 9.40. The highest BCUT2D eigenvalue weighted by molar-refractivity contribution is 6.05. The van der Waals surface area contributed by atoms with Gasteiger partial charge in [-0.2, -0.15) is 0 Å². The van der Waals surface area contributed by atoms with Gasteiger partial charge in [-0.25, -0.2) is 4.98 Å². The number of non-ortho nitro benzene ring substituents is 1. The van der Waals surface area contributed by atoms with Gasteiger partial charge < -0.3 is 4.90 Å². The van der Waals surface area contributed by atoms with E-state index in [1.165, 1.54) is 0 Å². The maximum atomic E-state index is 14.9. The Hall–Kier alpha value is -5.88. The molecule has 2 aliphatic rings. The quantitative estimate of drug-likeness (QED) is 0.109. The topological polar surface area (TPSA) is 76.3 Å².